The summed E-state index contributed by atoms with van der Waals surface area (Å²) in [7, 11) is 0. The molecule has 2 nitrogen and oxygen atoms in total. The van der Waals surface area contributed by atoms with Crippen LogP contribution in [-0.4, -0.2) is 16.5 Å². The van der Waals surface area contributed by atoms with E-state index < -0.39 is 11.6 Å². The number of amidine groups is 1. The number of aryl methyl sites for hydroxylation is 1. The maximum absolute atomic E-state index is 13.9. The number of rotatable bonds is 1. The van der Waals surface area contributed by atoms with Gasteiger partial charge >= 0.3 is 0 Å². The van der Waals surface area contributed by atoms with Gasteiger partial charge in [-0.3, -0.25) is 4.99 Å². The lowest BCUT2D eigenvalue weighted by atomic mass is 9.78. The molecule has 2 atom stereocenters. The second-order valence-corrected chi connectivity index (χ2v) is 7.30. The third-order valence-electron chi connectivity index (χ3n) is 4.37. The minimum Gasteiger partial charge on any atom is -0.332 e. The van der Waals surface area contributed by atoms with E-state index in [1.54, 1.807) is 18.7 Å². The smallest absolute Gasteiger partial charge is 0.161 e. The number of aliphatic imine (C=N–C) groups is 1. The van der Waals surface area contributed by atoms with Crippen LogP contribution in [0.4, 0.5) is 14.5 Å². The van der Waals surface area contributed by atoms with Crippen LogP contribution in [0, 0.1) is 24.5 Å². The van der Waals surface area contributed by atoms with E-state index in [9.17, 15) is 8.78 Å². The van der Waals surface area contributed by atoms with Crippen molar-refractivity contribution in [2.45, 2.75) is 45.1 Å². The Bertz CT molecular complexity index is 588. The Balaban J connectivity index is 1.78. The first-order valence-corrected chi connectivity index (χ1v) is 8.41. The van der Waals surface area contributed by atoms with Gasteiger partial charge in [0.1, 0.15) is 11.6 Å². The van der Waals surface area contributed by atoms with E-state index in [0.717, 1.165) is 18.6 Å². The zero-order valence-corrected chi connectivity index (χ0v) is 13.2. The summed E-state index contributed by atoms with van der Waals surface area (Å²) in [6.45, 7) is 3.82. The molecular weight excluding hydrogens is 290 g/mol. The third-order valence-corrected chi connectivity index (χ3v) is 5.52. The first-order chi connectivity index (χ1) is 9.97. The molecule has 1 N–H and O–H groups in total. The minimum absolute atomic E-state index is 0.00435. The van der Waals surface area contributed by atoms with Gasteiger partial charge in [0.05, 0.1) is 11.2 Å². The van der Waals surface area contributed by atoms with Gasteiger partial charge in [-0.25, -0.2) is 8.78 Å². The first-order valence-electron chi connectivity index (χ1n) is 7.43. The van der Waals surface area contributed by atoms with Crippen LogP contribution in [0.15, 0.2) is 17.1 Å². The van der Waals surface area contributed by atoms with Crippen LogP contribution in [0.25, 0.3) is 0 Å². The lowest BCUT2D eigenvalue weighted by molar-refractivity contribution is 0.266. The summed E-state index contributed by atoms with van der Waals surface area (Å²) in [4.78, 5) is 4.80. The number of anilines is 1. The first kappa shape index (κ1) is 14.8. The monoisotopic (exact) mass is 310 g/mol. The Hall–Kier alpha value is -1.10. The van der Waals surface area contributed by atoms with Crippen molar-refractivity contribution >= 4 is 22.6 Å². The molecule has 5 heteroatoms. The number of halogens is 2. The summed E-state index contributed by atoms with van der Waals surface area (Å²) < 4.78 is 27.5. The Morgan fingerprint density at radius 2 is 2.14 bits per heavy atom. The number of thioether (sulfide) groups is 1. The van der Waals surface area contributed by atoms with Gasteiger partial charge in [-0.05, 0) is 37.3 Å². The molecule has 1 spiro atoms. The molecule has 1 aromatic rings. The predicted molar refractivity (Wildman–Crippen MR) is 85.0 cm³/mol. The molecule has 1 aliphatic heterocycles. The van der Waals surface area contributed by atoms with Crippen LogP contribution in [0.3, 0.4) is 0 Å². The van der Waals surface area contributed by atoms with E-state index in [2.05, 4.69) is 12.2 Å². The summed E-state index contributed by atoms with van der Waals surface area (Å²) >= 11 is 1.61. The van der Waals surface area contributed by atoms with Gasteiger partial charge in [0.15, 0.2) is 5.17 Å². The van der Waals surface area contributed by atoms with Gasteiger partial charge in [0.2, 0.25) is 0 Å². The Labute approximate surface area is 128 Å². The van der Waals surface area contributed by atoms with Gasteiger partial charge in [-0.15, -0.1) is 0 Å². The van der Waals surface area contributed by atoms with Gasteiger partial charge in [-0.1, -0.05) is 31.5 Å². The summed E-state index contributed by atoms with van der Waals surface area (Å²) in [5.74, 6) is 0.796. The molecule has 2 aliphatic rings. The van der Waals surface area contributed by atoms with Crippen LogP contribution >= 0.6 is 11.8 Å². The topological polar surface area (TPSA) is 24.4 Å². The molecule has 1 aromatic carbocycles. The number of nitrogens with zero attached hydrogens (tertiary/aromatic N) is 1. The lowest BCUT2D eigenvalue weighted by Crippen LogP contribution is -2.33. The highest BCUT2D eigenvalue weighted by molar-refractivity contribution is 8.14. The molecule has 0 bridgehead atoms. The fourth-order valence-electron chi connectivity index (χ4n) is 3.27. The van der Waals surface area contributed by atoms with Gasteiger partial charge < -0.3 is 5.32 Å². The van der Waals surface area contributed by atoms with Crippen LogP contribution < -0.4 is 5.32 Å². The quantitative estimate of drug-likeness (QED) is 0.810. The molecule has 3 rings (SSSR count). The summed E-state index contributed by atoms with van der Waals surface area (Å²) in [6, 6.07) is 2.43. The van der Waals surface area contributed by atoms with Gasteiger partial charge in [0.25, 0.3) is 0 Å². The zero-order chi connectivity index (χ0) is 15.0. The Kier molecular flexibility index (Phi) is 3.95. The van der Waals surface area contributed by atoms with Crippen molar-refractivity contribution in [2.24, 2.45) is 10.9 Å². The highest BCUT2D eigenvalue weighted by atomic mass is 32.2. The second kappa shape index (κ2) is 5.59. The maximum Gasteiger partial charge on any atom is 0.161 e. The molecule has 1 saturated carbocycles. The van der Waals surface area contributed by atoms with E-state index in [-0.39, 0.29) is 11.2 Å². The molecule has 0 radical (unpaired) electrons. The van der Waals surface area contributed by atoms with E-state index in [4.69, 9.17) is 4.99 Å². The predicted octanol–water partition coefficient (Wildman–Crippen LogP) is 4.74. The summed E-state index contributed by atoms with van der Waals surface area (Å²) in [5.41, 5.74) is 0.492. The standard InChI is InChI=1S/C16H20F2N2S/c1-10-4-3-5-16(8-10)9-21-15(20-16)19-14-7-12(17)11(2)6-13(14)18/h6-7,10H,3-5,8-9H2,1-2H3,(H,19,20). The fourth-order valence-corrected chi connectivity index (χ4v) is 4.44. The number of nitrogens with one attached hydrogen (secondary N) is 1. The van der Waals surface area contributed by atoms with E-state index in [1.807, 2.05) is 0 Å². The minimum atomic E-state index is -0.435. The lowest BCUT2D eigenvalue weighted by Gasteiger charge is -2.33. The number of hydrogen-bond donors (Lipinski definition) is 1. The molecular formula is C16H20F2N2S. The average Bonchev–Trinajstić information content (AvgIpc) is 2.78. The van der Waals surface area contributed by atoms with E-state index >= 15 is 0 Å². The molecule has 0 amide bonds. The molecule has 1 aliphatic carbocycles. The molecule has 2 unspecified atom stereocenters. The summed E-state index contributed by atoms with van der Waals surface area (Å²) in [5, 5.41) is 3.68. The van der Waals surface area contributed by atoms with Crippen molar-refractivity contribution in [1.29, 1.82) is 0 Å². The maximum atomic E-state index is 13.9. The van der Waals surface area contributed by atoms with Crippen molar-refractivity contribution in [1.82, 2.24) is 0 Å². The molecule has 0 aromatic heterocycles. The van der Waals surface area contributed by atoms with Crippen LogP contribution in [0.2, 0.25) is 0 Å². The van der Waals surface area contributed by atoms with Crippen molar-refractivity contribution in [2.75, 3.05) is 11.1 Å². The Morgan fingerprint density at radius 3 is 2.90 bits per heavy atom. The van der Waals surface area contributed by atoms with Gasteiger partial charge in [0, 0.05) is 11.8 Å². The zero-order valence-electron chi connectivity index (χ0n) is 12.4. The Morgan fingerprint density at radius 1 is 1.33 bits per heavy atom. The highest BCUT2D eigenvalue weighted by Crippen LogP contribution is 2.42. The molecule has 21 heavy (non-hydrogen) atoms. The second-order valence-electron chi connectivity index (χ2n) is 6.34. The van der Waals surface area contributed by atoms with Gasteiger partial charge in [-0.2, -0.15) is 0 Å². The van der Waals surface area contributed by atoms with Crippen molar-refractivity contribution in [3.63, 3.8) is 0 Å². The van der Waals surface area contributed by atoms with Crippen LogP contribution in [0.1, 0.15) is 38.2 Å². The van der Waals surface area contributed by atoms with Crippen molar-refractivity contribution in [3.8, 4) is 0 Å². The molecule has 0 saturated heterocycles. The van der Waals surface area contributed by atoms with Crippen LogP contribution in [-0.2, 0) is 0 Å². The molecule has 1 heterocycles. The molecule has 114 valence electrons. The highest BCUT2D eigenvalue weighted by Gasteiger charge is 2.39. The fraction of sp³-hybridized carbons (Fsp3) is 0.562. The normalized spacial score (nSPS) is 28.8. The van der Waals surface area contributed by atoms with Crippen molar-refractivity contribution < 1.29 is 8.78 Å². The molecule has 1 fully saturated rings. The summed E-state index contributed by atoms with van der Waals surface area (Å²) in [6.07, 6.45) is 4.66. The SMILES string of the molecule is Cc1cc(F)c(NC2=NC3(CCCC(C)C3)CS2)cc1F. The van der Waals surface area contributed by atoms with Crippen LogP contribution in [0.5, 0.6) is 0 Å². The average molecular weight is 310 g/mol. The van der Waals surface area contributed by atoms with E-state index in [1.165, 1.54) is 25.0 Å². The van der Waals surface area contributed by atoms with Crippen molar-refractivity contribution in [3.05, 3.63) is 29.3 Å². The number of benzene rings is 1. The van der Waals surface area contributed by atoms with E-state index in [0.29, 0.717) is 16.6 Å². The number of hydrogen-bond acceptors (Lipinski definition) is 3. The largest absolute Gasteiger partial charge is 0.332 e. The third kappa shape index (κ3) is 3.07.